The lowest BCUT2D eigenvalue weighted by Crippen LogP contribution is -2.19. The van der Waals surface area contributed by atoms with Crippen LogP contribution in [-0.2, 0) is 18.4 Å². The summed E-state index contributed by atoms with van der Waals surface area (Å²) in [5, 5.41) is 17.7. The van der Waals surface area contributed by atoms with E-state index in [1.165, 1.54) is 5.56 Å². The van der Waals surface area contributed by atoms with Crippen molar-refractivity contribution < 1.29 is 5.11 Å². The number of hydrogen-bond acceptors (Lipinski definition) is 3. The summed E-state index contributed by atoms with van der Waals surface area (Å²) in [4.78, 5) is 0. The molecule has 0 amide bonds. The van der Waals surface area contributed by atoms with Crippen LogP contribution in [0.25, 0.3) is 5.69 Å². The Bertz CT molecular complexity index is 550. The van der Waals surface area contributed by atoms with Crippen molar-refractivity contribution in [2.45, 2.75) is 46.1 Å². The molecule has 4 nitrogen and oxygen atoms in total. The molecule has 2 aromatic rings. The van der Waals surface area contributed by atoms with Crippen LogP contribution < -0.4 is 0 Å². The first kappa shape index (κ1) is 13.7. The van der Waals surface area contributed by atoms with Crippen LogP contribution in [0, 0.1) is 0 Å². The number of hydrogen-bond donors (Lipinski definition) is 1. The first-order valence-electron chi connectivity index (χ1n) is 6.62. The van der Waals surface area contributed by atoms with Crippen molar-refractivity contribution in [3.05, 3.63) is 41.2 Å². The van der Waals surface area contributed by atoms with Gasteiger partial charge in [0.15, 0.2) is 0 Å². The SMILES string of the molecule is CCc1ccc(-n2nnc(CO)c2C(C)(C)C)cc1. The molecule has 0 aliphatic rings. The van der Waals surface area contributed by atoms with Crippen molar-refractivity contribution >= 4 is 0 Å². The maximum absolute atomic E-state index is 9.41. The minimum Gasteiger partial charge on any atom is -0.390 e. The average molecular weight is 259 g/mol. The van der Waals surface area contributed by atoms with Crippen molar-refractivity contribution in [1.82, 2.24) is 15.0 Å². The summed E-state index contributed by atoms with van der Waals surface area (Å²) in [6.45, 7) is 8.35. The summed E-state index contributed by atoms with van der Waals surface area (Å²) in [6, 6.07) is 8.29. The molecule has 0 bridgehead atoms. The van der Waals surface area contributed by atoms with Gasteiger partial charge in [0.2, 0.25) is 0 Å². The lowest BCUT2D eigenvalue weighted by molar-refractivity contribution is 0.273. The monoisotopic (exact) mass is 259 g/mol. The molecule has 0 atom stereocenters. The van der Waals surface area contributed by atoms with Gasteiger partial charge < -0.3 is 5.11 Å². The summed E-state index contributed by atoms with van der Waals surface area (Å²) >= 11 is 0. The van der Waals surface area contributed by atoms with E-state index >= 15 is 0 Å². The number of benzene rings is 1. The van der Waals surface area contributed by atoms with Crippen LogP contribution in [0.5, 0.6) is 0 Å². The van der Waals surface area contributed by atoms with Crippen molar-refractivity contribution in [2.24, 2.45) is 0 Å². The highest BCUT2D eigenvalue weighted by Crippen LogP contribution is 2.27. The third-order valence-corrected chi connectivity index (χ3v) is 3.19. The molecule has 0 spiro atoms. The first-order valence-corrected chi connectivity index (χ1v) is 6.62. The molecule has 0 aliphatic heterocycles. The van der Waals surface area contributed by atoms with E-state index in [1.807, 2.05) is 16.8 Å². The fourth-order valence-electron chi connectivity index (χ4n) is 2.22. The van der Waals surface area contributed by atoms with E-state index in [0.717, 1.165) is 17.8 Å². The molecule has 102 valence electrons. The Morgan fingerprint density at radius 2 is 1.79 bits per heavy atom. The minimum absolute atomic E-state index is 0.0837. The lowest BCUT2D eigenvalue weighted by Gasteiger charge is -2.21. The molecule has 0 radical (unpaired) electrons. The number of nitrogens with zero attached hydrogens (tertiary/aromatic N) is 3. The Labute approximate surface area is 114 Å². The van der Waals surface area contributed by atoms with Crippen molar-refractivity contribution in [3.63, 3.8) is 0 Å². The molecule has 1 aromatic carbocycles. The quantitative estimate of drug-likeness (QED) is 0.921. The second kappa shape index (κ2) is 5.13. The molecule has 0 saturated carbocycles. The van der Waals surface area contributed by atoms with E-state index in [1.54, 1.807) is 0 Å². The molecule has 0 aliphatic carbocycles. The number of aryl methyl sites for hydroxylation is 1. The maximum atomic E-state index is 9.41. The van der Waals surface area contributed by atoms with Gasteiger partial charge in [0, 0.05) is 5.41 Å². The van der Waals surface area contributed by atoms with Gasteiger partial charge >= 0.3 is 0 Å². The summed E-state index contributed by atoms with van der Waals surface area (Å²) in [7, 11) is 0. The van der Waals surface area contributed by atoms with Crippen molar-refractivity contribution in [1.29, 1.82) is 0 Å². The third kappa shape index (κ3) is 2.68. The van der Waals surface area contributed by atoms with Gasteiger partial charge in [-0.05, 0) is 24.1 Å². The van der Waals surface area contributed by atoms with Crippen molar-refractivity contribution in [2.75, 3.05) is 0 Å². The topological polar surface area (TPSA) is 50.9 Å². The second-order valence-electron chi connectivity index (χ2n) is 5.72. The normalized spacial score (nSPS) is 11.8. The van der Waals surface area contributed by atoms with Gasteiger partial charge in [-0.15, -0.1) is 5.10 Å². The smallest absolute Gasteiger partial charge is 0.112 e. The highest BCUT2D eigenvalue weighted by Gasteiger charge is 2.25. The predicted molar refractivity (Wildman–Crippen MR) is 75.4 cm³/mol. The molecule has 1 N–H and O–H groups in total. The van der Waals surface area contributed by atoms with Crippen LogP contribution in [0.1, 0.15) is 44.6 Å². The zero-order chi connectivity index (χ0) is 14.0. The molecule has 2 rings (SSSR count). The van der Waals surface area contributed by atoms with Crippen LogP contribution >= 0.6 is 0 Å². The van der Waals surface area contributed by atoms with Gasteiger partial charge in [-0.3, -0.25) is 0 Å². The fourth-order valence-corrected chi connectivity index (χ4v) is 2.22. The summed E-state index contributed by atoms with van der Waals surface area (Å²) in [5.74, 6) is 0. The fraction of sp³-hybridized carbons (Fsp3) is 0.467. The highest BCUT2D eigenvalue weighted by molar-refractivity contribution is 5.37. The number of aromatic nitrogens is 3. The third-order valence-electron chi connectivity index (χ3n) is 3.19. The largest absolute Gasteiger partial charge is 0.390 e. The Morgan fingerprint density at radius 3 is 2.26 bits per heavy atom. The molecular weight excluding hydrogens is 238 g/mol. The van der Waals surface area contributed by atoms with Crippen LogP contribution in [0.3, 0.4) is 0 Å². The van der Waals surface area contributed by atoms with Gasteiger partial charge in [-0.25, -0.2) is 4.68 Å². The molecule has 4 heteroatoms. The first-order chi connectivity index (χ1) is 8.97. The van der Waals surface area contributed by atoms with Gasteiger partial charge in [0.1, 0.15) is 5.69 Å². The zero-order valence-corrected chi connectivity index (χ0v) is 12.0. The van der Waals surface area contributed by atoms with E-state index in [-0.39, 0.29) is 12.0 Å². The Kier molecular flexibility index (Phi) is 3.71. The second-order valence-corrected chi connectivity index (χ2v) is 5.72. The van der Waals surface area contributed by atoms with Gasteiger partial charge in [-0.2, -0.15) is 0 Å². The van der Waals surface area contributed by atoms with Crippen LogP contribution in [0.15, 0.2) is 24.3 Å². The van der Waals surface area contributed by atoms with Crippen LogP contribution in [0.4, 0.5) is 0 Å². The van der Waals surface area contributed by atoms with E-state index in [2.05, 4.69) is 50.1 Å². The number of rotatable bonds is 3. The molecule has 0 fully saturated rings. The highest BCUT2D eigenvalue weighted by atomic mass is 16.3. The number of aliphatic hydroxyl groups excluding tert-OH is 1. The molecule has 0 saturated heterocycles. The lowest BCUT2D eigenvalue weighted by atomic mass is 9.90. The number of aliphatic hydroxyl groups is 1. The van der Waals surface area contributed by atoms with E-state index in [9.17, 15) is 5.11 Å². The summed E-state index contributed by atoms with van der Waals surface area (Å²) < 4.78 is 1.82. The van der Waals surface area contributed by atoms with E-state index in [0.29, 0.717) is 5.69 Å². The Hall–Kier alpha value is -1.68. The van der Waals surface area contributed by atoms with E-state index < -0.39 is 0 Å². The average Bonchev–Trinajstić information content (AvgIpc) is 2.82. The summed E-state index contributed by atoms with van der Waals surface area (Å²) in [5.41, 5.74) is 3.76. The molecule has 1 heterocycles. The van der Waals surface area contributed by atoms with Crippen molar-refractivity contribution in [3.8, 4) is 5.69 Å². The van der Waals surface area contributed by atoms with Crippen LogP contribution in [0.2, 0.25) is 0 Å². The molecule has 1 aromatic heterocycles. The maximum Gasteiger partial charge on any atom is 0.112 e. The summed E-state index contributed by atoms with van der Waals surface area (Å²) in [6.07, 6.45) is 1.02. The van der Waals surface area contributed by atoms with Crippen LogP contribution in [-0.4, -0.2) is 20.1 Å². The molecule has 19 heavy (non-hydrogen) atoms. The standard InChI is InChI=1S/C15H21N3O/c1-5-11-6-8-12(9-7-11)18-14(15(2,3)4)13(10-19)16-17-18/h6-9,19H,5,10H2,1-4H3. The van der Waals surface area contributed by atoms with E-state index in [4.69, 9.17) is 0 Å². The van der Waals surface area contributed by atoms with Gasteiger partial charge in [0.05, 0.1) is 18.0 Å². The van der Waals surface area contributed by atoms with Gasteiger partial charge in [0.25, 0.3) is 0 Å². The predicted octanol–water partition coefficient (Wildman–Crippen LogP) is 2.62. The Balaban J connectivity index is 2.52. The Morgan fingerprint density at radius 1 is 1.16 bits per heavy atom. The minimum atomic E-state index is -0.120. The molecular formula is C15H21N3O. The zero-order valence-electron chi connectivity index (χ0n) is 12.0. The molecule has 0 unspecified atom stereocenters. The van der Waals surface area contributed by atoms with Gasteiger partial charge in [-0.1, -0.05) is 45.0 Å².